The Morgan fingerprint density at radius 2 is 1.83 bits per heavy atom. The van der Waals surface area contributed by atoms with Gasteiger partial charge in [-0.1, -0.05) is 12.1 Å². The van der Waals surface area contributed by atoms with Crippen LogP contribution in [0.3, 0.4) is 0 Å². The average molecular weight is 242 g/mol. The molecule has 1 aromatic carbocycles. The van der Waals surface area contributed by atoms with E-state index in [4.69, 9.17) is 4.42 Å². The molecule has 0 spiro atoms. The number of oxazole rings is 1. The average Bonchev–Trinajstić information content (AvgIpc) is 3.01. The van der Waals surface area contributed by atoms with Crippen LogP contribution in [0.25, 0.3) is 11.5 Å². The van der Waals surface area contributed by atoms with Gasteiger partial charge < -0.3 is 9.32 Å². The molecular weight excluding hydrogens is 224 g/mol. The predicted molar refractivity (Wildman–Crippen MR) is 72.9 cm³/mol. The molecule has 3 nitrogen and oxygen atoms in total. The summed E-state index contributed by atoms with van der Waals surface area (Å²) < 4.78 is 5.76. The van der Waals surface area contributed by atoms with Gasteiger partial charge in [0.05, 0.1) is 11.3 Å². The summed E-state index contributed by atoms with van der Waals surface area (Å²) in [5.41, 5.74) is 3.33. The van der Waals surface area contributed by atoms with E-state index in [1.807, 2.05) is 19.9 Å². The third kappa shape index (κ3) is 1.90. The number of hydrogen-bond donors (Lipinski definition) is 0. The van der Waals surface area contributed by atoms with Gasteiger partial charge in [0.15, 0.2) is 0 Å². The van der Waals surface area contributed by atoms with E-state index in [1.165, 1.54) is 18.5 Å². The van der Waals surface area contributed by atoms with E-state index in [9.17, 15) is 0 Å². The third-order valence-electron chi connectivity index (χ3n) is 3.61. The van der Waals surface area contributed by atoms with Crippen LogP contribution >= 0.6 is 0 Å². The van der Waals surface area contributed by atoms with E-state index >= 15 is 0 Å². The minimum Gasteiger partial charge on any atom is -0.441 e. The summed E-state index contributed by atoms with van der Waals surface area (Å²) in [5, 5.41) is 0. The van der Waals surface area contributed by atoms with Crippen LogP contribution in [0.4, 0.5) is 5.69 Å². The summed E-state index contributed by atoms with van der Waals surface area (Å²) in [6.07, 6.45) is 2.55. The fraction of sp³-hybridized carbons (Fsp3) is 0.400. The van der Waals surface area contributed by atoms with Crippen molar-refractivity contribution in [1.82, 2.24) is 4.98 Å². The topological polar surface area (TPSA) is 29.3 Å². The van der Waals surface area contributed by atoms with Crippen LogP contribution in [-0.4, -0.2) is 18.1 Å². The summed E-state index contributed by atoms with van der Waals surface area (Å²) in [5.74, 6) is 1.65. The van der Waals surface area contributed by atoms with E-state index in [0.29, 0.717) is 0 Å². The van der Waals surface area contributed by atoms with Crippen molar-refractivity contribution >= 4 is 5.69 Å². The molecule has 3 heteroatoms. The van der Waals surface area contributed by atoms with Gasteiger partial charge >= 0.3 is 0 Å². The number of aryl methyl sites for hydroxylation is 2. The molecule has 1 aromatic heterocycles. The smallest absolute Gasteiger partial charge is 0.228 e. The molecule has 0 atom stereocenters. The molecule has 0 amide bonds. The highest BCUT2D eigenvalue weighted by molar-refractivity contribution is 5.74. The van der Waals surface area contributed by atoms with Crippen molar-refractivity contribution in [3.8, 4) is 11.5 Å². The fourth-order valence-corrected chi connectivity index (χ4v) is 2.48. The number of benzene rings is 1. The molecule has 1 fully saturated rings. The summed E-state index contributed by atoms with van der Waals surface area (Å²) >= 11 is 0. The lowest BCUT2D eigenvalue weighted by atomic mass is 10.1. The molecule has 18 heavy (non-hydrogen) atoms. The van der Waals surface area contributed by atoms with Crippen molar-refractivity contribution in [2.45, 2.75) is 26.7 Å². The van der Waals surface area contributed by atoms with E-state index < -0.39 is 0 Å². The largest absolute Gasteiger partial charge is 0.441 e. The first-order valence-corrected chi connectivity index (χ1v) is 6.54. The van der Waals surface area contributed by atoms with Crippen molar-refractivity contribution in [2.75, 3.05) is 18.0 Å². The Bertz CT molecular complexity index is 534. The number of nitrogens with zero attached hydrogens (tertiary/aromatic N) is 2. The highest BCUT2D eigenvalue weighted by Gasteiger charge is 2.19. The Balaban J connectivity index is 2.05. The van der Waals surface area contributed by atoms with Crippen LogP contribution in [-0.2, 0) is 0 Å². The summed E-state index contributed by atoms with van der Waals surface area (Å²) in [6, 6.07) is 8.39. The number of anilines is 1. The minimum atomic E-state index is 0.743. The zero-order valence-corrected chi connectivity index (χ0v) is 10.9. The van der Waals surface area contributed by atoms with Gasteiger partial charge in [0.25, 0.3) is 0 Å². The maximum atomic E-state index is 5.76. The molecular formula is C15H18N2O. The Labute approximate surface area is 107 Å². The van der Waals surface area contributed by atoms with Crippen LogP contribution in [0.2, 0.25) is 0 Å². The van der Waals surface area contributed by atoms with Crippen molar-refractivity contribution in [3.63, 3.8) is 0 Å². The molecule has 2 heterocycles. The van der Waals surface area contributed by atoms with Crippen LogP contribution < -0.4 is 4.90 Å². The molecule has 0 unspecified atom stereocenters. The summed E-state index contributed by atoms with van der Waals surface area (Å²) in [7, 11) is 0. The molecule has 0 bridgehead atoms. The summed E-state index contributed by atoms with van der Waals surface area (Å²) in [4.78, 5) is 6.94. The minimum absolute atomic E-state index is 0.743. The van der Waals surface area contributed by atoms with Crippen LogP contribution in [0.5, 0.6) is 0 Å². The van der Waals surface area contributed by atoms with Crippen molar-refractivity contribution < 1.29 is 4.42 Å². The zero-order chi connectivity index (χ0) is 12.5. The molecule has 0 saturated carbocycles. The predicted octanol–water partition coefficient (Wildman–Crippen LogP) is 3.56. The van der Waals surface area contributed by atoms with Gasteiger partial charge in [0.2, 0.25) is 5.89 Å². The van der Waals surface area contributed by atoms with E-state index in [0.717, 1.165) is 36.0 Å². The number of hydrogen-bond acceptors (Lipinski definition) is 3. The molecule has 0 radical (unpaired) electrons. The molecule has 3 rings (SSSR count). The Morgan fingerprint density at radius 1 is 1.11 bits per heavy atom. The first kappa shape index (κ1) is 11.3. The van der Waals surface area contributed by atoms with Crippen molar-refractivity contribution in [2.24, 2.45) is 0 Å². The lowest BCUT2D eigenvalue weighted by Crippen LogP contribution is -2.18. The van der Waals surface area contributed by atoms with Crippen molar-refractivity contribution in [3.05, 3.63) is 35.7 Å². The van der Waals surface area contributed by atoms with Gasteiger partial charge in [-0.2, -0.15) is 0 Å². The molecule has 1 aliphatic rings. The molecule has 0 N–H and O–H groups in total. The highest BCUT2D eigenvalue weighted by Crippen LogP contribution is 2.32. The molecule has 1 aliphatic heterocycles. The van der Waals surface area contributed by atoms with Gasteiger partial charge in [0, 0.05) is 18.8 Å². The molecule has 2 aromatic rings. The van der Waals surface area contributed by atoms with Crippen molar-refractivity contribution in [1.29, 1.82) is 0 Å². The standard InChI is InChI=1S/C15H18N2O/c1-11-12(2)18-15(16-11)13-7-3-4-8-14(13)17-9-5-6-10-17/h3-4,7-8H,5-6,9-10H2,1-2H3. The third-order valence-corrected chi connectivity index (χ3v) is 3.61. The first-order valence-electron chi connectivity index (χ1n) is 6.54. The van der Waals surface area contributed by atoms with E-state index in [-0.39, 0.29) is 0 Å². The number of para-hydroxylation sites is 1. The molecule has 1 saturated heterocycles. The summed E-state index contributed by atoms with van der Waals surface area (Å²) in [6.45, 7) is 6.22. The molecule has 94 valence electrons. The number of rotatable bonds is 2. The second-order valence-corrected chi connectivity index (χ2v) is 4.87. The SMILES string of the molecule is Cc1nc(-c2ccccc2N2CCCC2)oc1C. The fourth-order valence-electron chi connectivity index (χ4n) is 2.48. The quantitative estimate of drug-likeness (QED) is 0.806. The van der Waals surface area contributed by atoms with Crippen LogP contribution in [0.15, 0.2) is 28.7 Å². The Hall–Kier alpha value is -1.77. The first-order chi connectivity index (χ1) is 8.75. The lowest BCUT2D eigenvalue weighted by molar-refractivity contribution is 0.540. The van der Waals surface area contributed by atoms with E-state index in [1.54, 1.807) is 0 Å². The highest BCUT2D eigenvalue weighted by atomic mass is 16.4. The van der Waals surface area contributed by atoms with Crippen LogP contribution in [0, 0.1) is 13.8 Å². The maximum absolute atomic E-state index is 5.76. The second-order valence-electron chi connectivity index (χ2n) is 4.87. The van der Waals surface area contributed by atoms with Gasteiger partial charge in [-0.15, -0.1) is 0 Å². The molecule has 0 aliphatic carbocycles. The van der Waals surface area contributed by atoms with Gasteiger partial charge in [-0.05, 0) is 38.8 Å². The van der Waals surface area contributed by atoms with E-state index in [2.05, 4.69) is 28.1 Å². The zero-order valence-electron chi connectivity index (χ0n) is 10.9. The Kier molecular flexibility index (Phi) is 2.82. The van der Waals surface area contributed by atoms with Gasteiger partial charge in [0.1, 0.15) is 5.76 Å². The maximum Gasteiger partial charge on any atom is 0.228 e. The van der Waals surface area contributed by atoms with Gasteiger partial charge in [-0.25, -0.2) is 4.98 Å². The second kappa shape index (κ2) is 4.48. The lowest BCUT2D eigenvalue weighted by Gasteiger charge is -2.19. The number of aromatic nitrogens is 1. The monoisotopic (exact) mass is 242 g/mol. The van der Waals surface area contributed by atoms with Gasteiger partial charge in [-0.3, -0.25) is 0 Å². The normalized spacial score (nSPS) is 15.3. The van der Waals surface area contributed by atoms with Crippen LogP contribution in [0.1, 0.15) is 24.3 Å². The Morgan fingerprint density at radius 3 is 2.50 bits per heavy atom.